The Hall–Kier alpha value is -1.56. The van der Waals surface area contributed by atoms with Crippen LogP contribution in [0, 0.1) is 10.5 Å². The lowest BCUT2D eigenvalue weighted by Gasteiger charge is -2.33. The Bertz CT molecular complexity index is 768. The van der Waals surface area contributed by atoms with Gasteiger partial charge in [0.2, 0.25) is 0 Å². The molecular formula is C19H21IN2O. The predicted molar refractivity (Wildman–Crippen MR) is 104 cm³/mol. The zero-order chi connectivity index (χ0) is 16.6. The van der Waals surface area contributed by atoms with Crippen LogP contribution in [-0.4, -0.2) is 12.5 Å². The number of anilines is 2. The van der Waals surface area contributed by atoms with E-state index in [4.69, 9.17) is 0 Å². The maximum Gasteiger partial charge on any atom is 0.255 e. The first-order chi connectivity index (χ1) is 10.9. The molecule has 0 saturated heterocycles. The molecule has 0 unspecified atom stereocenters. The first-order valence-corrected chi connectivity index (χ1v) is 8.91. The fourth-order valence-electron chi connectivity index (χ4n) is 2.94. The first-order valence-electron chi connectivity index (χ1n) is 7.83. The molecular weight excluding hydrogens is 399 g/mol. The van der Waals surface area contributed by atoms with Crippen LogP contribution in [0.15, 0.2) is 36.4 Å². The van der Waals surface area contributed by atoms with Crippen molar-refractivity contribution in [3.63, 3.8) is 0 Å². The lowest BCUT2D eigenvalue weighted by molar-refractivity contribution is 0.102. The van der Waals surface area contributed by atoms with Gasteiger partial charge in [0.1, 0.15) is 0 Å². The van der Waals surface area contributed by atoms with Crippen molar-refractivity contribution in [1.82, 2.24) is 0 Å². The highest BCUT2D eigenvalue weighted by atomic mass is 127. The molecule has 0 atom stereocenters. The zero-order valence-corrected chi connectivity index (χ0v) is 15.8. The third-order valence-corrected chi connectivity index (χ3v) is 5.67. The Morgan fingerprint density at radius 3 is 2.74 bits per heavy atom. The molecule has 4 heteroatoms. The van der Waals surface area contributed by atoms with E-state index in [0.29, 0.717) is 5.56 Å². The third kappa shape index (κ3) is 3.37. The Kier molecular flexibility index (Phi) is 4.36. The van der Waals surface area contributed by atoms with E-state index in [2.05, 4.69) is 53.1 Å². The second-order valence-corrected chi connectivity index (χ2v) is 7.90. The quantitative estimate of drug-likeness (QED) is 0.676. The van der Waals surface area contributed by atoms with Crippen LogP contribution in [-0.2, 0) is 5.41 Å². The van der Waals surface area contributed by atoms with E-state index in [1.165, 1.54) is 11.1 Å². The van der Waals surface area contributed by atoms with Crippen LogP contribution in [0.3, 0.4) is 0 Å². The number of nitrogens with one attached hydrogen (secondary N) is 2. The number of halogens is 1. The summed E-state index contributed by atoms with van der Waals surface area (Å²) < 4.78 is 1.10. The molecule has 120 valence electrons. The van der Waals surface area contributed by atoms with Crippen molar-refractivity contribution in [2.75, 3.05) is 17.2 Å². The smallest absolute Gasteiger partial charge is 0.255 e. The number of amides is 1. The highest BCUT2D eigenvalue weighted by Crippen LogP contribution is 2.37. The van der Waals surface area contributed by atoms with Gasteiger partial charge < -0.3 is 10.6 Å². The summed E-state index contributed by atoms with van der Waals surface area (Å²) in [5, 5.41) is 6.44. The highest BCUT2D eigenvalue weighted by Gasteiger charge is 2.27. The maximum atomic E-state index is 12.4. The van der Waals surface area contributed by atoms with E-state index in [-0.39, 0.29) is 11.3 Å². The Balaban J connectivity index is 1.83. The largest absolute Gasteiger partial charge is 0.385 e. The lowest BCUT2D eigenvalue weighted by atomic mass is 9.78. The van der Waals surface area contributed by atoms with Gasteiger partial charge in [-0.05, 0) is 76.7 Å². The molecule has 0 spiro atoms. The fraction of sp³-hybridized carbons (Fsp3) is 0.316. The monoisotopic (exact) mass is 420 g/mol. The lowest BCUT2D eigenvalue weighted by Crippen LogP contribution is -2.28. The summed E-state index contributed by atoms with van der Waals surface area (Å²) in [6.07, 6.45) is 1.12. The summed E-state index contributed by atoms with van der Waals surface area (Å²) in [7, 11) is 0. The van der Waals surface area contributed by atoms with Crippen molar-refractivity contribution >= 4 is 39.9 Å². The highest BCUT2D eigenvalue weighted by molar-refractivity contribution is 14.1. The molecule has 2 aromatic rings. The molecule has 23 heavy (non-hydrogen) atoms. The van der Waals surface area contributed by atoms with Gasteiger partial charge in [-0.25, -0.2) is 0 Å². The van der Waals surface area contributed by atoms with Crippen LogP contribution in [0.1, 0.15) is 41.8 Å². The summed E-state index contributed by atoms with van der Waals surface area (Å²) in [6, 6.07) is 11.9. The molecule has 0 fully saturated rings. The standard InChI is InChI=1S/C19H21IN2O/c1-12-4-5-13(10-16(12)20)18(23)22-14-6-7-15-17(11-14)21-9-8-19(15,2)3/h4-7,10-11,21H,8-9H2,1-3H3,(H,22,23). The zero-order valence-electron chi connectivity index (χ0n) is 13.7. The van der Waals surface area contributed by atoms with Gasteiger partial charge in [-0.15, -0.1) is 0 Å². The normalized spacial score (nSPS) is 15.5. The van der Waals surface area contributed by atoms with Crippen molar-refractivity contribution in [2.45, 2.75) is 32.6 Å². The number of carbonyl (C=O) groups excluding carboxylic acids is 1. The topological polar surface area (TPSA) is 41.1 Å². The molecule has 3 nitrogen and oxygen atoms in total. The van der Waals surface area contributed by atoms with E-state index in [9.17, 15) is 4.79 Å². The Morgan fingerprint density at radius 1 is 1.22 bits per heavy atom. The van der Waals surface area contributed by atoms with Crippen LogP contribution >= 0.6 is 22.6 Å². The van der Waals surface area contributed by atoms with E-state index < -0.39 is 0 Å². The van der Waals surface area contributed by atoms with Gasteiger partial charge in [0.25, 0.3) is 5.91 Å². The van der Waals surface area contributed by atoms with E-state index in [1.54, 1.807) is 0 Å². The first kappa shape index (κ1) is 16.3. The van der Waals surface area contributed by atoms with E-state index in [1.807, 2.05) is 37.3 Å². The molecule has 1 heterocycles. The van der Waals surface area contributed by atoms with Crippen molar-refractivity contribution in [2.24, 2.45) is 0 Å². The average Bonchev–Trinajstić information content (AvgIpc) is 2.49. The molecule has 0 saturated carbocycles. The summed E-state index contributed by atoms with van der Waals surface area (Å²) in [5.41, 5.74) is 5.31. The molecule has 0 radical (unpaired) electrons. The van der Waals surface area contributed by atoms with Gasteiger partial charge in [0, 0.05) is 27.1 Å². The molecule has 0 aromatic heterocycles. The summed E-state index contributed by atoms with van der Waals surface area (Å²) in [5.74, 6) is -0.0714. The van der Waals surface area contributed by atoms with Crippen molar-refractivity contribution < 1.29 is 4.79 Å². The molecule has 1 amide bonds. The van der Waals surface area contributed by atoms with Crippen LogP contribution in [0.4, 0.5) is 11.4 Å². The number of fused-ring (bicyclic) bond motifs is 1. The van der Waals surface area contributed by atoms with Gasteiger partial charge >= 0.3 is 0 Å². The third-order valence-electron chi connectivity index (χ3n) is 4.51. The van der Waals surface area contributed by atoms with Gasteiger partial charge in [-0.3, -0.25) is 4.79 Å². The van der Waals surface area contributed by atoms with Crippen molar-refractivity contribution in [1.29, 1.82) is 0 Å². The minimum atomic E-state index is -0.0714. The van der Waals surface area contributed by atoms with Crippen molar-refractivity contribution in [3.05, 3.63) is 56.7 Å². The average molecular weight is 420 g/mol. The number of rotatable bonds is 2. The molecule has 0 bridgehead atoms. The maximum absolute atomic E-state index is 12.4. The summed E-state index contributed by atoms with van der Waals surface area (Å²) in [4.78, 5) is 12.4. The van der Waals surface area contributed by atoms with Gasteiger partial charge in [0.05, 0.1) is 0 Å². The number of aryl methyl sites for hydroxylation is 1. The molecule has 1 aliphatic heterocycles. The van der Waals surface area contributed by atoms with Crippen LogP contribution < -0.4 is 10.6 Å². The molecule has 3 rings (SSSR count). The minimum absolute atomic E-state index is 0.0714. The van der Waals surface area contributed by atoms with Gasteiger partial charge in [-0.2, -0.15) is 0 Å². The second-order valence-electron chi connectivity index (χ2n) is 6.74. The van der Waals surface area contributed by atoms with Crippen LogP contribution in [0.2, 0.25) is 0 Å². The van der Waals surface area contributed by atoms with Gasteiger partial charge in [0.15, 0.2) is 0 Å². The number of hydrogen-bond acceptors (Lipinski definition) is 2. The SMILES string of the molecule is Cc1ccc(C(=O)Nc2ccc3c(c2)NCCC3(C)C)cc1I. The van der Waals surface area contributed by atoms with Crippen LogP contribution in [0.5, 0.6) is 0 Å². The minimum Gasteiger partial charge on any atom is -0.385 e. The van der Waals surface area contributed by atoms with E-state index in [0.717, 1.165) is 27.9 Å². The van der Waals surface area contributed by atoms with Crippen LogP contribution in [0.25, 0.3) is 0 Å². The molecule has 2 N–H and O–H groups in total. The fourth-order valence-corrected chi connectivity index (χ4v) is 3.46. The summed E-state index contributed by atoms with van der Waals surface area (Å²) >= 11 is 2.26. The number of benzene rings is 2. The number of hydrogen-bond donors (Lipinski definition) is 2. The number of carbonyl (C=O) groups is 1. The van der Waals surface area contributed by atoms with Gasteiger partial charge in [-0.1, -0.05) is 26.0 Å². The summed E-state index contributed by atoms with van der Waals surface area (Å²) in [6.45, 7) is 7.53. The molecule has 0 aliphatic carbocycles. The predicted octanol–water partition coefficient (Wildman–Crippen LogP) is 4.95. The van der Waals surface area contributed by atoms with E-state index >= 15 is 0 Å². The molecule has 2 aromatic carbocycles. The van der Waals surface area contributed by atoms with Crippen molar-refractivity contribution in [3.8, 4) is 0 Å². The Morgan fingerprint density at radius 2 is 2.00 bits per heavy atom. The second kappa shape index (κ2) is 6.15. The molecule has 1 aliphatic rings. The Labute approximate surface area is 151 Å².